The smallest absolute Gasteiger partial charge is 0.292 e. The molecular formula is C14H20N2O3. The van der Waals surface area contributed by atoms with E-state index in [0.717, 1.165) is 18.4 Å². The highest BCUT2D eigenvalue weighted by atomic mass is 16.6. The number of ether oxygens (including phenoxy) is 1. The second kappa shape index (κ2) is 5.57. The Morgan fingerprint density at radius 1 is 1.32 bits per heavy atom. The Morgan fingerprint density at radius 3 is 2.53 bits per heavy atom. The number of anilines is 1. The number of rotatable bonds is 3. The van der Waals surface area contributed by atoms with Crippen LogP contribution in [0.25, 0.3) is 0 Å². The highest BCUT2D eigenvalue weighted by Gasteiger charge is 2.26. The third-order valence-corrected chi connectivity index (χ3v) is 3.41. The van der Waals surface area contributed by atoms with Gasteiger partial charge in [0.2, 0.25) is 0 Å². The third-order valence-electron chi connectivity index (χ3n) is 3.41. The van der Waals surface area contributed by atoms with Gasteiger partial charge in [-0.2, -0.15) is 0 Å². The van der Waals surface area contributed by atoms with Gasteiger partial charge in [0.05, 0.1) is 17.1 Å². The topological polar surface area (TPSA) is 64.4 Å². The molecule has 2 atom stereocenters. The average molecular weight is 264 g/mol. The van der Waals surface area contributed by atoms with Crippen LogP contribution in [0.15, 0.2) is 18.2 Å². The summed E-state index contributed by atoms with van der Waals surface area (Å²) in [4.78, 5) is 10.8. The number of nitro benzene ring substituents is 1. The van der Waals surface area contributed by atoms with Crippen molar-refractivity contribution in [1.29, 1.82) is 0 Å². The minimum atomic E-state index is -0.332. The molecule has 104 valence electrons. The van der Waals surface area contributed by atoms with Crippen LogP contribution in [0.4, 0.5) is 11.4 Å². The summed E-state index contributed by atoms with van der Waals surface area (Å²) in [6, 6.07) is 5.51. The quantitative estimate of drug-likeness (QED) is 0.672. The molecule has 1 aliphatic heterocycles. The summed E-state index contributed by atoms with van der Waals surface area (Å²) in [7, 11) is 0. The molecule has 2 unspecified atom stereocenters. The molecule has 1 fully saturated rings. The second-order valence-electron chi connectivity index (χ2n) is 5.35. The molecule has 0 aromatic heterocycles. The number of aryl methyl sites for hydroxylation is 1. The molecule has 1 aromatic carbocycles. The van der Waals surface area contributed by atoms with Crippen LogP contribution in [0, 0.1) is 17.0 Å². The first-order chi connectivity index (χ1) is 8.95. The maximum absolute atomic E-state index is 11.1. The van der Waals surface area contributed by atoms with E-state index < -0.39 is 0 Å². The molecule has 0 saturated carbocycles. The molecule has 5 heteroatoms. The van der Waals surface area contributed by atoms with Gasteiger partial charge in [-0.05, 0) is 45.2 Å². The van der Waals surface area contributed by atoms with Crippen LogP contribution in [0.1, 0.15) is 32.3 Å². The van der Waals surface area contributed by atoms with E-state index in [4.69, 9.17) is 4.74 Å². The normalized spacial score (nSPS) is 27.0. The van der Waals surface area contributed by atoms with Crippen LogP contribution in [0.2, 0.25) is 0 Å². The first-order valence-electron chi connectivity index (χ1n) is 6.62. The Morgan fingerprint density at radius 2 is 1.95 bits per heavy atom. The van der Waals surface area contributed by atoms with Crippen LogP contribution < -0.4 is 5.32 Å². The lowest BCUT2D eigenvalue weighted by Crippen LogP contribution is -2.37. The molecule has 0 aliphatic carbocycles. The predicted molar refractivity (Wildman–Crippen MR) is 74.5 cm³/mol. The summed E-state index contributed by atoms with van der Waals surface area (Å²) in [5.41, 5.74) is 1.64. The van der Waals surface area contributed by atoms with E-state index in [-0.39, 0.29) is 28.9 Å². The van der Waals surface area contributed by atoms with Crippen molar-refractivity contribution in [3.05, 3.63) is 33.9 Å². The Labute approximate surface area is 113 Å². The molecule has 1 heterocycles. The van der Waals surface area contributed by atoms with E-state index in [1.807, 2.05) is 26.8 Å². The molecule has 5 nitrogen and oxygen atoms in total. The molecule has 0 radical (unpaired) electrons. The second-order valence-corrected chi connectivity index (χ2v) is 5.35. The molecule has 1 aromatic rings. The highest BCUT2D eigenvalue weighted by Crippen LogP contribution is 2.29. The van der Waals surface area contributed by atoms with Crippen LogP contribution in [-0.2, 0) is 4.74 Å². The average Bonchev–Trinajstić information content (AvgIpc) is 2.30. The van der Waals surface area contributed by atoms with Crippen molar-refractivity contribution in [2.75, 3.05) is 5.32 Å². The van der Waals surface area contributed by atoms with Crippen LogP contribution in [0.3, 0.4) is 0 Å². The highest BCUT2D eigenvalue weighted by molar-refractivity contribution is 5.63. The number of hydrogen-bond donors (Lipinski definition) is 1. The van der Waals surface area contributed by atoms with Crippen molar-refractivity contribution < 1.29 is 9.66 Å². The van der Waals surface area contributed by atoms with Gasteiger partial charge in [0.15, 0.2) is 0 Å². The summed E-state index contributed by atoms with van der Waals surface area (Å²) >= 11 is 0. The van der Waals surface area contributed by atoms with Gasteiger partial charge in [0.1, 0.15) is 5.69 Å². The van der Waals surface area contributed by atoms with Gasteiger partial charge in [-0.15, -0.1) is 0 Å². The summed E-state index contributed by atoms with van der Waals surface area (Å²) in [5, 5.41) is 14.4. The van der Waals surface area contributed by atoms with E-state index in [1.165, 1.54) is 0 Å². The van der Waals surface area contributed by atoms with E-state index >= 15 is 0 Å². The number of nitro groups is 1. The Bertz CT molecular complexity index is 466. The van der Waals surface area contributed by atoms with Gasteiger partial charge >= 0.3 is 0 Å². The standard InChI is InChI=1S/C14H20N2O3/c1-9-4-5-13(14(6-9)16(17)18)15-12-7-10(2)19-11(3)8-12/h4-6,10-12,15H,7-8H2,1-3H3. The molecule has 0 spiro atoms. The largest absolute Gasteiger partial charge is 0.377 e. The van der Waals surface area contributed by atoms with Crippen LogP contribution in [-0.4, -0.2) is 23.2 Å². The Balaban J connectivity index is 2.16. The molecule has 1 N–H and O–H groups in total. The minimum Gasteiger partial charge on any atom is -0.377 e. The van der Waals surface area contributed by atoms with Crippen molar-refractivity contribution in [3.63, 3.8) is 0 Å². The van der Waals surface area contributed by atoms with Gasteiger partial charge in [-0.1, -0.05) is 6.07 Å². The molecule has 19 heavy (non-hydrogen) atoms. The zero-order valence-electron chi connectivity index (χ0n) is 11.6. The lowest BCUT2D eigenvalue weighted by Gasteiger charge is -2.33. The van der Waals surface area contributed by atoms with E-state index in [1.54, 1.807) is 12.1 Å². The lowest BCUT2D eigenvalue weighted by molar-refractivity contribution is -0.384. The van der Waals surface area contributed by atoms with Crippen LogP contribution in [0.5, 0.6) is 0 Å². The molecule has 2 rings (SSSR count). The molecule has 1 aliphatic rings. The first kappa shape index (κ1) is 13.8. The van der Waals surface area contributed by atoms with Gasteiger partial charge < -0.3 is 10.1 Å². The van der Waals surface area contributed by atoms with E-state index in [0.29, 0.717) is 5.69 Å². The lowest BCUT2D eigenvalue weighted by atomic mass is 9.99. The van der Waals surface area contributed by atoms with Crippen molar-refractivity contribution in [3.8, 4) is 0 Å². The van der Waals surface area contributed by atoms with E-state index in [2.05, 4.69) is 5.32 Å². The zero-order chi connectivity index (χ0) is 14.0. The fourth-order valence-corrected chi connectivity index (χ4v) is 2.66. The fourth-order valence-electron chi connectivity index (χ4n) is 2.66. The molecule has 0 amide bonds. The van der Waals surface area contributed by atoms with Crippen molar-refractivity contribution in [2.45, 2.75) is 51.9 Å². The van der Waals surface area contributed by atoms with Gasteiger partial charge in [-0.25, -0.2) is 0 Å². The Kier molecular flexibility index (Phi) is 4.04. The fraction of sp³-hybridized carbons (Fsp3) is 0.571. The number of nitrogens with one attached hydrogen (secondary N) is 1. The summed E-state index contributed by atoms with van der Waals surface area (Å²) < 4.78 is 5.68. The Hall–Kier alpha value is -1.62. The number of hydrogen-bond acceptors (Lipinski definition) is 4. The minimum absolute atomic E-state index is 0.145. The van der Waals surface area contributed by atoms with Gasteiger partial charge in [0, 0.05) is 12.1 Å². The predicted octanol–water partition coefficient (Wildman–Crippen LogP) is 3.27. The SMILES string of the molecule is Cc1ccc(NC2CC(C)OC(C)C2)c([N+](=O)[O-])c1. The summed E-state index contributed by atoms with van der Waals surface area (Å²) in [6.07, 6.45) is 2.11. The summed E-state index contributed by atoms with van der Waals surface area (Å²) in [6.45, 7) is 5.93. The zero-order valence-corrected chi connectivity index (χ0v) is 11.6. The summed E-state index contributed by atoms with van der Waals surface area (Å²) in [5.74, 6) is 0. The molecule has 0 bridgehead atoms. The number of benzene rings is 1. The third kappa shape index (κ3) is 3.44. The number of nitrogens with zero attached hydrogens (tertiary/aromatic N) is 1. The monoisotopic (exact) mass is 264 g/mol. The van der Waals surface area contributed by atoms with Crippen LogP contribution >= 0.6 is 0 Å². The molecule has 1 saturated heterocycles. The molecular weight excluding hydrogens is 244 g/mol. The van der Waals surface area contributed by atoms with Crippen molar-refractivity contribution in [2.24, 2.45) is 0 Å². The first-order valence-corrected chi connectivity index (χ1v) is 6.62. The van der Waals surface area contributed by atoms with Gasteiger partial charge in [0.25, 0.3) is 5.69 Å². The van der Waals surface area contributed by atoms with Gasteiger partial charge in [-0.3, -0.25) is 10.1 Å². The van der Waals surface area contributed by atoms with Crippen molar-refractivity contribution in [1.82, 2.24) is 0 Å². The maximum atomic E-state index is 11.1. The van der Waals surface area contributed by atoms with E-state index in [9.17, 15) is 10.1 Å². The van der Waals surface area contributed by atoms with Crippen molar-refractivity contribution >= 4 is 11.4 Å². The maximum Gasteiger partial charge on any atom is 0.292 e.